The second-order valence-corrected chi connectivity index (χ2v) is 5.87. The SMILES string of the molecule is CCCOc1ccc(NC(=O)NC(C)(CO)CCC)c(C)c1. The number of amides is 2. The highest BCUT2D eigenvalue weighted by Gasteiger charge is 2.24. The Labute approximate surface area is 133 Å². The predicted octanol–water partition coefficient (Wildman–Crippen LogP) is 3.46. The number of carbonyl (C=O) groups is 1. The molecule has 1 aromatic rings. The summed E-state index contributed by atoms with van der Waals surface area (Å²) >= 11 is 0. The average Bonchev–Trinajstić information content (AvgIpc) is 2.47. The fourth-order valence-corrected chi connectivity index (χ4v) is 2.25. The van der Waals surface area contributed by atoms with Crippen LogP contribution in [-0.2, 0) is 0 Å². The van der Waals surface area contributed by atoms with Gasteiger partial charge in [0.2, 0.25) is 0 Å². The maximum atomic E-state index is 12.1. The number of carbonyl (C=O) groups excluding carboxylic acids is 1. The van der Waals surface area contributed by atoms with Gasteiger partial charge in [-0.1, -0.05) is 20.3 Å². The first kappa shape index (κ1) is 18.3. The van der Waals surface area contributed by atoms with Crippen molar-refractivity contribution in [3.63, 3.8) is 0 Å². The third kappa shape index (κ3) is 5.56. The molecular weight excluding hydrogens is 280 g/mol. The van der Waals surface area contributed by atoms with Crippen LogP contribution in [0.25, 0.3) is 0 Å². The molecule has 5 heteroatoms. The van der Waals surface area contributed by atoms with Crippen molar-refractivity contribution in [1.82, 2.24) is 5.32 Å². The van der Waals surface area contributed by atoms with Crippen molar-refractivity contribution < 1.29 is 14.6 Å². The molecule has 0 bridgehead atoms. The minimum Gasteiger partial charge on any atom is -0.494 e. The third-order valence-electron chi connectivity index (χ3n) is 3.48. The van der Waals surface area contributed by atoms with Gasteiger partial charge >= 0.3 is 6.03 Å². The van der Waals surface area contributed by atoms with Crippen LogP contribution in [0.4, 0.5) is 10.5 Å². The molecule has 2 amide bonds. The second-order valence-electron chi connectivity index (χ2n) is 5.87. The second kappa shape index (κ2) is 8.63. The number of benzene rings is 1. The van der Waals surface area contributed by atoms with Gasteiger partial charge in [0.15, 0.2) is 0 Å². The van der Waals surface area contributed by atoms with Gasteiger partial charge in [-0.2, -0.15) is 0 Å². The molecule has 0 saturated carbocycles. The number of anilines is 1. The molecule has 0 heterocycles. The molecule has 0 aliphatic rings. The highest BCUT2D eigenvalue weighted by Crippen LogP contribution is 2.22. The molecule has 3 N–H and O–H groups in total. The standard InChI is InChI=1S/C17H28N2O3/c1-5-9-17(4,12-20)19-16(21)18-15-8-7-14(11-13(15)3)22-10-6-2/h7-8,11,20H,5-6,9-10,12H2,1-4H3,(H2,18,19,21). The van der Waals surface area contributed by atoms with Crippen LogP contribution in [0.2, 0.25) is 0 Å². The summed E-state index contributed by atoms with van der Waals surface area (Å²) in [6.45, 7) is 8.43. The van der Waals surface area contributed by atoms with Crippen LogP contribution in [0.1, 0.15) is 45.6 Å². The number of hydrogen-bond acceptors (Lipinski definition) is 3. The molecule has 0 aromatic heterocycles. The molecule has 1 atom stereocenters. The fourth-order valence-electron chi connectivity index (χ4n) is 2.25. The Hall–Kier alpha value is -1.75. The van der Waals surface area contributed by atoms with Gasteiger partial charge in [0.25, 0.3) is 0 Å². The van der Waals surface area contributed by atoms with E-state index in [0.717, 1.165) is 36.3 Å². The lowest BCUT2D eigenvalue weighted by molar-refractivity contribution is 0.167. The Morgan fingerprint density at radius 1 is 1.32 bits per heavy atom. The Morgan fingerprint density at radius 3 is 2.59 bits per heavy atom. The van der Waals surface area contributed by atoms with Crippen LogP contribution in [0.3, 0.4) is 0 Å². The van der Waals surface area contributed by atoms with Gasteiger partial charge in [0.05, 0.1) is 18.8 Å². The number of ether oxygens (including phenoxy) is 1. The van der Waals surface area contributed by atoms with Crippen molar-refractivity contribution in [2.75, 3.05) is 18.5 Å². The molecule has 1 unspecified atom stereocenters. The summed E-state index contributed by atoms with van der Waals surface area (Å²) < 4.78 is 5.56. The smallest absolute Gasteiger partial charge is 0.319 e. The zero-order valence-electron chi connectivity index (χ0n) is 14.0. The normalized spacial score (nSPS) is 13.3. The lowest BCUT2D eigenvalue weighted by atomic mass is 9.98. The van der Waals surface area contributed by atoms with Crippen LogP contribution in [0.15, 0.2) is 18.2 Å². The maximum Gasteiger partial charge on any atom is 0.319 e. The van der Waals surface area contributed by atoms with E-state index in [4.69, 9.17) is 4.74 Å². The van der Waals surface area contributed by atoms with E-state index in [-0.39, 0.29) is 12.6 Å². The van der Waals surface area contributed by atoms with Crippen molar-refractivity contribution in [1.29, 1.82) is 0 Å². The quantitative estimate of drug-likeness (QED) is 0.689. The van der Waals surface area contributed by atoms with Crippen LogP contribution < -0.4 is 15.4 Å². The molecule has 0 radical (unpaired) electrons. The van der Waals surface area contributed by atoms with E-state index in [1.54, 1.807) is 0 Å². The zero-order valence-corrected chi connectivity index (χ0v) is 14.0. The number of aliphatic hydroxyl groups is 1. The van der Waals surface area contributed by atoms with Crippen LogP contribution in [0, 0.1) is 6.92 Å². The molecular formula is C17H28N2O3. The van der Waals surface area contributed by atoms with Crippen molar-refractivity contribution >= 4 is 11.7 Å². The van der Waals surface area contributed by atoms with Crippen LogP contribution in [0.5, 0.6) is 5.75 Å². The monoisotopic (exact) mass is 308 g/mol. The first-order valence-corrected chi connectivity index (χ1v) is 7.87. The predicted molar refractivity (Wildman–Crippen MR) is 89.5 cm³/mol. The van der Waals surface area contributed by atoms with Gasteiger partial charge in [-0.3, -0.25) is 0 Å². The number of rotatable bonds is 8. The number of aryl methyl sites for hydroxylation is 1. The molecule has 1 aromatic carbocycles. The van der Waals surface area contributed by atoms with E-state index < -0.39 is 5.54 Å². The van der Waals surface area contributed by atoms with Crippen LogP contribution >= 0.6 is 0 Å². The lowest BCUT2D eigenvalue weighted by Gasteiger charge is -2.28. The summed E-state index contributed by atoms with van der Waals surface area (Å²) in [6, 6.07) is 5.27. The Bertz CT molecular complexity index is 491. The summed E-state index contributed by atoms with van der Waals surface area (Å²) in [5.41, 5.74) is 1.07. The summed E-state index contributed by atoms with van der Waals surface area (Å²) in [7, 11) is 0. The van der Waals surface area contributed by atoms with E-state index >= 15 is 0 Å². The molecule has 1 rings (SSSR count). The number of nitrogens with one attached hydrogen (secondary N) is 2. The molecule has 124 valence electrons. The summed E-state index contributed by atoms with van der Waals surface area (Å²) in [5.74, 6) is 0.802. The van der Waals surface area contributed by atoms with Gasteiger partial charge in [0, 0.05) is 5.69 Å². The number of aliphatic hydroxyl groups excluding tert-OH is 1. The van der Waals surface area contributed by atoms with E-state index in [0.29, 0.717) is 6.61 Å². The maximum absolute atomic E-state index is 12.1. The summed E-state index contributed by atoms with van der Waals surface area (Å²) in [5, 5.41) is 15.1. The first-order valence-electron chi connectivity index (χ1n) is 7.87. The Morgan fingerprint density at radius 2 is 2.05 bits per heavy atom. The summed E-state index contributed by atoms with van der Waals surface area (Å²) in [4.78, 5) is 12.1. The average molecular weight is 308 g/mol. The Kier molecular flexibility index (Phi) is 7.18. The van der Waals surface area contributed by atoms with Crippen molar-refractivity contribution in [2.24, 2.45) is 0 Å². The first-order chi connectivity index (χ1) is 10.4. The molecule has 0 aliphatic heterocycles. The largest absolute Gasteiger partial charge is 0.494 e. The third-order valence-corrected chi connectivity index (χ3v) is 3.48. The highest BCUT2D eigenvalue weighted by molar-refractivity contribution is 5.90. The topological polar surface area (TPSA) is 70.6 Å². The van der Waals surface area contributed by atoms with Gasteiger partial charge in [-0.25, -0.2) is 4.79 Å². The molecule has 0 saturated heterocycles. The summed E-state index contributed by atoms with van der Waals surface area (Å²) in [6.07, 6.45) is 2.57. The van der Waals surface area contributed by atoms with E-state index in [1.165, 1.54) is 0 Å². The minimum atomic E-state index is -0.600. The Balaban J connectivity index is 2.68. The molecule has 0 fully saturated rings. The highest BCUT2D eigenvalue weighted by atomic mass is 16.5. The molecule has 0 spiro atoms. The zero-order chi connectivity index (χ0) is 16.6. The van der Waals surface area contributed by atoms with Crippen LogP contribution in [-0.4, -0.2) is 29.9 Å². The fraction of sp³-hybridized carbons (Fsp3) is 0.588. The van der Waals surface area contributed by atoms with Gasteiger partial charge in [-0.05, 0) is 50.5 Å². The van der Waals surface area contributed by atoms with E-state index in [9.17, 15) is 9.90 Å². The van der Waals surface area contributed by atoms with Crippen molar-refractivity contribution in [2.45, 2.75) is 52.5 Å². The van der Waals surface area contributed by atoms with Gasteiger partial charge in [0.1, 0.15) is 5.75 Å². The lowest BCUT2D eigenvalue weighted by Crippen LogP contribution is -2.50. The van der Waals surface area contributed by atoms with E-state index in [2.05, 4.69) is 17.6 Å². The van der Waals surface area contributed by atoms with Crippen molar-refractivity contribution in [3.05, 3.63) is 23.8 Å². The minimum absolute atomic E-state index is 0.0863. The number of hydrogen-bond donors (Lipinski definition) is 3. The van der Waals surface area contributed by atoms with Crippen molar-refractivity contribution in [3.8, 4) is 5.75 Å². The molecule has 5 nitrogen and oxygen atoms in total. The van der Waals surface area contributed by atoms with Gasteiger partial charge < -0.3 is 20.5 Å². The van der Waals surface area contributed by atoms with Gasteiger partial charge in [-0.15, -0.1) is 0 Å². The number of urea groups is 1. The molecule has 0 aliphatic carbocycles. The van der Waals surface area contributed by atoms with E-state index in [1.807, 2.05) is 39.0 Å². The molecule has 22 heavy (non-hydrogen) atoms.